The first-order chi connectivity index (χ1) is 8.20. The number of carbonyl (C=O) groups excluding carboxylic acids is 2. The van der Waals surface area contributed by atoms with Crippen molar-refractivity contribution in [2.24, 2.45) is 5.73 Å². The van der Waals surface area contributed by atoms with Gasteiger partial charge in [-0.15, -0.1) is 0 Å². The highest BCUT2D eigenvalue weighted by molar-refractivity contribution is 7.80. The number of primary amides is 1. The largest absolute Gasteiger partial charge is 0.724 e. The Kier molecular flexibility index (Phi) is 2.80. The second kappa shape index (κ2) is 3.93. The number of carbonyl (C=O) groups is 2. The molecule has 2 N–H and O–H groups in total. The summed E-state index contributed by atoms with van der Waals surface area (Å²) in [6.45, 7) is 1.62. The van der Waals surface area contributed by atoms with Crippen LogP contribution in [0.15, 0.2) is 11.6 Å². The van der Waals surface area contributed by atoms with Gasteiger partial charge in [0.15, 0.2) is 0 Å². The van der Waals surface area contributed by atoms with Gasteiger partial charge >= 0.3 is 6.03 Å². The molecule has 2 rings (SSSR count). The number of nitrogens with zero attached hydrogens (tertiary/aromatic N) is 2. The Morgan fingerprint density at radius 2 is 2.22 bits per heavy atom. The molecule has 0 spiro atoms. The van der Waals surface area contributed by atoms with Crippen LogP contribution in [0, 0.1) is 0 Å². The molecule has 10 heteroatoms. The van der Waals surface area contributed by atoms with Crippen LogP contribution < -0.4 is 5.73 Å². The molecule has 2 aliphatic heterocycles. The molecule has 0 aromatic heterocycles. The van der Waals surface area contributed by atoms with Gasteiger partial charge in [-0.05, 0) is 12.5 Å². The van der Waals surface area contributed by atoms with Crippen molar-refractivity contribution in [2.45, 2.75) is 19.0 Å². The number of fused-ring (bicyclic) bond motifs is 2. The zero-order chi connectivity index (χ0) is 13.7. The summed E-state index contributed by atoms with van der Waals surface area (Å²) in [5.74, 6) is -0.734. The Bertz CT molecular complexity index is 541. The average Bonchev–Trinajstić information content (AvgIpc) is 2.41. The van der Waals surface area contributed by atoms with E-state index in [1.807, 2.05) is 0 Å². The standard InChI is InChI=1S/C8H11N3O6S/c1-4-2-5-3-10(6(4)7(9)12)8(13)11(5)17-18(14,15)16/h2,5-6H,3H2,1H3,(H2,9,12)(H,14,15,16)/p-1/t5-,6+/m1/s1. The Morgan fingerprint density at radius 3 is 2.72 bits per heavy atom. The first-order valence-electron chi connectivity index (χ1n) is 4.93. The molecule has 0 aliphatic carbocycles. The van der Waals surface area contributed by atoms with Crippen molar-refractivity contribution in [2.75, 3.05) is 6.54 Å². The van der Waals surface area contributed by atoms with E-state index in [1.165, 1.54) is 6.08 Å². The lowest BCUT2D eigenvalue weighted by molar-refractivity contribution is -0.121. The van der Waals surface area contributed by atoms with E-state index in [1.54, 1.807) is 6.92 Å². The van der Waals surface area contributed by atoms with E-state index in [0.29, 0.717) is 10.6 Å². The van der Waals surface area contributed by atoms with E-state index in [-0.39, 0.29) is 6.54 Å². The second-order valence-electron chi connectivity index (χ2n) is 4.03. The summed E-state index contributed by atoms with van der Waals surface area (Å²) in [5, 5.41) is 0.439. The van der Waals surface area contributed by atoms with Gasteiger partial charge in [0.25, 0.3) is 0 Å². The van der Waals surface area contributed by atoms with Crippen molar-refractivity contribution in [3.05, 3.63) is 11.6 Å². The van der Waals surface area contributed by atoms with E-state index in [2.05, 4.69) is 4.28 Å². The van der Waals surface area contributed by atoms with E-state index in [4.69, 9.17) is 5.73 Å². The van der Waals surface area contributed by atoms with E-state index >= 15 is 0 Å². The quantitative estimate of drug-likeness (QED) is 0.371. The molecule has 2 bridgehead atoms. The molecule has 100 valence electrons. The normalized spacial score (nSPS) is 27.4. The molecular formula is C8H10N3O6S-. The third-order valence-corrected chi connectivity index (χ3v) is 3.10. The van der Waals surface area contributed by atoms with Crippen LogP contribution in [0.4, 0.5) is 4.79 Å². The van der Waals surface area contributed by atoms with Gasteiger partial charge in [-0.25, -0.2) is 13.2 Å². The number of urea groups is 1. The fraction of sp³-hybridized carbons (Fsp3) is 0.500. The molecule has 0 unspecified atom stereocenters. The molecular weight excluding hydrogens is 266 g/mol. The maximum Gasteiger partial charge on any atom is 0.346 e. The first-order valence-corrected chi connectivity index (χ1v) is 6.27. The zero-order valence-corrected chi connectivity index (χ0v) is 10.1. The smallest absolute Gasteiger partial charge is 0.346 e. The molecule has 0 aromatic rings. The van der Waals surface area contributed by atoms with E-state index in [0.717, 1.165) is 4.90 Å². The van der Waals surface area contributed by atoms with E-state index < -0.39 is 34.4 Å². The van der Waals surface area contributed by atoms with Crippen LogP contribution in [-0.2, 0) is 19.5 Å². The van der Waals surface area contributed by atoms with Gasteiger partial charge in [-0.3, -0.25) is 4.79 Å². The lowest BCUT2D eigenvalue weighted by atomic mass is 10.0. The zero-order valence-electron chi connectivity index (χ0n) is 9.27. The lowest BCUT2D eigenvalue weighted by Crippen LogP contribution is -2.48. The molecule has 9 nitrogen and oxygen atoms in total. The molecule has 3 amide bonds. The van der Waals surface area contributed by atoms with Crippen LogP contribution in [0.2, 0.25) is 0 Å². The summed E-state index contributed by atoms with van der Waals surface area (Å²) in [5.41, 5.74) is 5.67. The van der Waals surface area contributed by atoms with E-state index in [9.17, 15) is 22.6 Å². The fourth-order valence-corrected chi connectivity index (χ4v) is 2.53. The number of hydroxylamine groups is 2. The highest BCUT2D eigenvalue weighted by Crippen LogP contribution is 2.29. The van der Waals surface area contributed by atoms with Crippen molar-refractivity contribution in [1.82, 2.24) is 9.96 Å². The Balaban J connectivity index is 2.33. The third-order valence-electron chi connectivity index (χ3n) is 2.76. The fourth-order valence-electron chi connectivity index (χ4n) is 2.16. The van der Waals surface area contributed by atoms with Crippen molar-refractivity contribution >= 4 is 22.3 Å². The van der Waals surface area contributed by atoms with Crippen LogP contribution in [0.5, 0.6) is 0 Å². The predicted molar refractivity (Wildman–Crippen MR) is 55.3 cm³/mol. The van der Waals surface area contributed by atoms with Gasteiger partial charge in [-0.2, -0.15) is 9.35 Å². The second-order valence-corrected chi connectivity index (χ2v) is 4.99. The van der Waals surface area contributed by atoms with Crippen molar-refractivity contribution in [3.63, 3.8) is 0 Å². The topological polar surface area (TPSA) is 133 Å². The van der Waals surface area contributed by atoms with Gasteiger partial charge in [0, 0.05) is 0 Å². The molecule has 18 heavy (non-hydrogen) atoms. The summed E-state index contributed by atoms with van der Waals surface area (Å²) in [4.78, 5) is 24.1. The van der Waals surface area contributed by atoms with Gasteiger partial charge in [0.2, 0.25) is 16.3 Å². The van der Waals surface area contributed by atoms with Crippen LogP contribution in [0.25, 0.3) is 0 Å². The van der Waals surface area contributed by atoms with Gasteiger partial charge in [-0.1, -0.05) is 6.08 Å². The molecule has 0 aromatic carbocycles. The minimum Gasteiger partial charge on any atom is -0.724 e. The minimum absolute atomic E-state index is 0.0410. The first kappa shape index (κ1) is 12.8. The number of rotatable bonds is 3. The lowest BCUT2D eigenvalue weighted by Gasteiger charge is -2.27. The number of nitrogens with two attached hydrogens (primary N) is 1. The highest BCUT2D eigenvalue weighted by atomic mass is 32.3. The summed E-state index contributed by atoms with van der Waals surface area (Å²) >= 11 is 0. The average molecular weight is 276 g/mol. The summed E-state index contributed by atoms with van der Waals surface area (Å²) < 4.78 is 35.6. The summed E-state index contributed by atoms with van der Waals surface area (Å²) in [6, 6.07) is -2.55. The molecule has 0 radical (unpaired) electrons. The number of hydrogen-bond acceptors (Lipinski definition) is 6. The monoisotopic (exact) mass is 276 g/mol. The maximum absolute atomic E-state index is 11.8. The Morgan fingerprint density at radius 1 is 1.61 bits per heavy atom. The molecule has 0 saturated carbocycles. The maximum atomic E-state index is 11.8. The molecule has 1 fully saturated rings. The molecule has 2 heterocycles. The molecule has 2 aliphatic rings. The number of amides is 3. The van der Waals surface area contributed by atoms with Crippen LogP contribution >= 0.6 is 0 Å². The SMILES string of the molecule is CC1=C[C@@H]2CN(C(=O)N2OS(=O)(=O)[O-])[C@@H]1C(N)=O. The van der Waals surface area contributed by atoms with Crippen LogP contribution in [-0.4, -0.2) is 53.5 Å². The number of hydrogen-bond donors (Lipinski definition) is 1. The van der Waals surface area contributed by atoms with Gasteiger partial charge in [0.05, 0.1) is 12.6 Å². The summed E-state index contributed by atoms with van der Waals surface area (Å²) in [6.07, 6.45) is 1.47. The van der Waals surface area contributed by atoms with Crippen molar-refractivity contribution in [1.29, 1.82) is 0 Å². The third kappa shape index (κ3) is 2.05. The minimum atomic E-state index is -5.05. The molecule has 2 atom stereocenters. The van der Waals surface area contributed by atoms with Gasteiger partial charge < -0.3 is 15.2 Å². The van der Waals surface area contributed by atoms with Crippen LogP contribution in [0.1, 0.15) is 6.92 Å². The summed E-state index contributed by atoms with van der Waals surface area (Å²) in [7, 11) is -5.05. The Hall–Kier alpha value is -1.65. The Labute approximate surface area is 103 Å². The predicted octanol–water partition coefficient (Wildman–Crippen LogP) is -1.70. The molecule has 1 saturated heterocycles. The van der Waals surface area contributed by atoms with Gasteiger partial charge in [0.1, 0.15) is 6.04 Å². The van der Waals surface area contributed by atoms with Crippen LogP contribution in [0.3, 0.4) is 0 Å². The highest BCUT2D eigenvalue weighted by Gasteiger charge is 2.47. The van der Waals surface area contributed by atoms with Crippen molar-refractivity contribution in [3.8, 4) is 0 Å². The van der Waals surface area contributed by atoms with Crippen molar-refractivity contribution < 1.29 is 26.8 Å².